The van der Waals surface area contributed by atoms with Gasteiger partial charge in [-0.3, -0.25) is 0 Å². The number of hydrogen-bond acceptors (Lipinski definition) is 1. The van der Waals surface area contributed by atoms with E-state index in [1.165, 1.54) is 11.6 Å². The van der Waals surface area contributed by atoms with Gasteiger partial charge in [-0.1, -0.05) is 42.8 Å². The van der Waals surface area contributed by atoms with Crippen LogP contribution in [0.15, 0.2) is 48.5 Å². The van der Waals surface area contributed by atoms with Gasteiger partial charge in [0.25, 0.3) is 0 Å². The monoisotopic (exact) mass is 291 g/mol. The minimum atomic E-state index is -0.176. The average molecular weight is 292 g/mol. The lowest BCUT2D eigenvalue weighted by Gasteiger charge is -2.17. The van der Waals surface area contributed by atoms with Crippen molar-refractivity contribution in [1.82, 2.24) is 5.32 Å². The number of nitrogens with one attached hydrogen (secondary N) is 1. The van der Waals surface area contributed by atoms with Crippen LogP contribution in [-0.4, -0.2) is 6.54 Å². The summed E-state index contributed by atoms with van der Waals surface area (Å²) in [6, 6.07) is 14.9. The maximum atomic E-state index is 13.1. The molecule has 0 spiro atoms. The van der Waals surface area contributed by atoms with Crippen LogP contribution in [0.2, 0.25) is 5.02 Å². The van der Waals surface area contributed by atoms with Gasteiger partial charge in [-0.05, 0) is 54.8 Å². The zero-order valence-electron chi connectivity index (χ0n) is 11.6. The summed E-state index contributed by atoms with van der Waals surface area (Å²) < 4.78 is 13.1. The molecule has 0 aliphatic rings. The van der Waals surface area contributed by atoms with Crippen LogP contribution in [0.5, 0.6) is 0 Å². The van der Waals surface area contributed by atoms with E-state index in [1.807, 2.05) is 24.3 Å². The Morgan fingerprint density at radius 1 is 1.15 bits per heavy atom. The molecule has 1 N–H and O–H groups in total. The van der Waals surface area contributed by atoms with Gasteiger partial charge in [0, 0.05) is 11.1 Å². The van der Waals surface area contributed by atoms with E-state index in [0.717, 1.165) is 30.0 Å². The number of benzene rings is 2. The summed E-state index contributed by atoms with van der Waals surface area (Å²) in [5.74, 6) is -0.176. The molecule has 0 bridgehead atoms. The Bertz CT molecular complexity index is 556. The fraction of sp³-hybridized carbons (Fsp3) is 0.294. The Kier molecular flexibility index (Phi) is 5.57. The second-order valence-corrected chi connectivity index (χ2v) is 5.29. The average Bonchev–Trinajstić information content (AvgIpc) is 2.44. The first-order chi connectivity index (χ1) is 9.69. The second-order valence-electron chi connectivity index (χ2n) is 4.85. The predicted molar refractivity (Wildman–Crippen MR) is 82.6 cm³/mol. The molecule has 106 valence electrons. The zero-order chi connectivity index (χ0) is 14.4. The van der Waals surface area contributed by atoms with Gasteiger partial charge in [-0.15, -0.1) is 0 Å². The summed E-state index contributed by atoms with van der Waals surface area (Å²) in [4.78, 5) is 0. The molecule has 20 heavy (non-hydrogen) atoms. The number of hydrogen-bond donors (Lipinski definition) is 1. The van der Waals surface area contributed by atoms with Gasteiger partial charge in [0.1, 0.15) is 5.82 Å². The predicted octanol–water partition coefficient (Wildman–Crippen LogP) is 4.76. The third-order valence-electron chi connectivity index (χ3n) is 3.35. The smallest absolute Gasteiger partial charge is 0.123 e. The lowest BCUT2D eigenvalue weighted by Crippen LogP contribution is -2.23. The van der Waals surface area contributed by atoms with Crippen molar-refractivity contribution in [2.75, 3.05) is 6.54 Å². The Morgan fingerprint density at radius 2 is 1.95 bits per heavy atom. The van der Waals surface area contributed by atoms with Crippen LogP contribution >= 0.6 is 11.6 Å². The Labute approximate surface area is 124 Å². The van der Waals surface area contributed by atoms with E-state index in [2.05, 4.69) is 18.3 Å². The van der Waals surface area contributed by atoms with Gasteiger partial charge < -0.3 is 5.32 Å². The van der Waals surface area contributed by atoms with Gasteiger partial charge in [0.05, 0.1) is 0 Å². The molecule has 2 aromatic rings. The molecule has 2 aromatic carbocycles. The van der Waals surface area contributed by atoms with E-state index in [1.54, 1.807) is 12.1 Å². The van der Waals surface area contributed by atoms with Crippen molar-refractivity contribution >= 4 is 11.6 Å². The Balaban J connectivity index is 1.91. The SMILES string of the molecule is CCC(NCCc1cccc(F)c1)c1cccc(Cl)c1. The summed E-state index contributed by atoms with van der Waals surface area (Å²) in [5, 5.41) is 4.26. The molecule has 0 heterocycles. The highest BCUT2D eigenvalue weighted by molar-refractivity contribution is 6.30. The van der Waals surface area contributed by atoms with Crippen molar-refractivity contribution in [3.05, 3.63) is 70.5 Å². The zero-order valence-corrected chi connectivity index (χ0v) is 12.3. The van der Waals surface area contributed by atoms with Gasteiger partial charge in [-0.2, -0.15) is 0 Å². The summed E-state index contributed by atoms with van der Waals surface area (Å²) in [6.45, 7) is 2.95. The van der Waals surface area contributed by atoms with E-state index in [4.69, 9.17) is 11.6 Å². The van der Waals surface area contributed by atoms with Crippen LogP contribution in [0.4, 0.5) is 4.39 Å². The van der Waals surface area contributed by atoms with Crippen LogP contribution < -0.4 is 5.32 Å². The molecule has 1 unspecified atom stereocenters. The van der Waals surface area contributed by atoms with Crippen LogP contribution in [0.1, 0.15) is 30.5 Å². The lowest BCUT2D eigenvalue weighted by molar-refractivity contribution is 0.522. The van der Waals surface area contributed by atoms with E-state index in [-0.39, 0.29) is 11.9 Å². The molecule has 0 aliphatic heterocycles. The Morgan fingerprint density at radius 3 is 2.65 bits per heavy atom. The summed E-state index contributed by atoms with van der Waals surface area (Å²) in [6.07, 6.45) is 1.80. The third-order valence-corrected chi connectivity index (χ3v) is 3.59. The van der Waals surface area contributed by atoms with E-state index < -0.39 is 0 Å². The number of rotatable bonds is 6. The van der Waals surface area contributed by atoms with Gasteiger partial charge >= 0.3 is 0 Å². The van der Waals surface area contributed by atoms with Gasteiger partial charge in [-0.25, -0.2) is 4.39 Å². The molecule has 3 heteroatoms. The topological polar surface area (TPSA) is 12.0 Å². The van der Waals surface area contributed by atoms with E-state index >= 15 is 0 Å². The molecular weight excluding hydrogens is 273 g/mol. The van der Waals surface area contributed by atoms with Crippen molar-refractivity contribution in [3.63, 3.8) is 0 Å². The summed E-state index contributed by atoms with van der Waals surface area (Å²) in [5.41, 5.74) is 2.21. The molecule has 1 atom stereocenters. The van der Waals surface area contributed by atoms with Gasteiger partial charge in [0.2, 0.25) is 0 Å². The summed E-state index contributed by atoms with van der Waals surface area (Å²) in [7, 11) is 0. The van der Waals surface area contributed by atoms with Crippen molar-refractivity contribution in [1.29, 1.82) is 0 Å². The van der Waals surface area contributed by atoms with Crippen molar-refractivity contribution < 1.29 is 4.39 Å². The molecule has 0 amide bonds. The molecule has 2 rings (SSSR count). The second kappa shape index (κ2) is 7.41. The van der Waals surface area contributed by atoms with E-state index in [0.29, 0.717) is 0 Å². The standard InChI is InChI=1S/C17H19ClFN/c1-2-17(14-6-4-7-15(18)12-14)20-10-9-13-5-3-8-16(19)11-13/h3-8,11-12,17,20H,2,9-10H2,1H3. The third kappa shape index (κ3) is 4.32. The molecule has 0 saturated carbocycles. The van der Waals surface area contributed by atoms with Crippen LogP contribution in [0.25, 0.3) is 0 Å². The maximum Gasteiger partial charge on any atom is 0.123 e. The van der Waals surface area contributed by atoms with Crippen LogP contribution in [0, 0.1) is 5.82 Å². The molecular formula is C17H19ClFN. The fourth-order valence-corrected chi connectivity index (χ4v) is 2.50. The lowest BCUT2D eigenvalue weighted by atomic mass is 10.0. The molecule has 0 fully saturated rings. The minimum Gasteiger partial charge on any atom is -0.310 e. The van der Waals surface area contributed by atoms with E-state index in [9.17, 15) is 4.39 Å². The highest BCUT2D eigenvalue weighted by Crippen LogP contribution is 2.20. The fourth-order valence-electron chi connectivity index (χ4n) is 2.30. The first-order valence-electron chi connectivity index (χ1n) is 6.92. The largest absolute Gasteiger partial charge is 0.310 e. The van der Waals surface area contributed by atoms with Crippen molar-refractivity contribution in [2.24, 2.45) is 0 Å². The maximum absolute atomic E-state index is 13.1. The first-order valence-corrected chi connectivity index (χ1v) is 7.30. The van der Waals surface area contributed by atoms with Gasteiger partial charge in [0.15, 0.2) is 0 Å². The highest BCUT2D eigenvalue weighted by Gasteiger charge is 2.08. The number of halogens is 2. The van der Waals surface area contributed by atoms with Crippen molar-refractivity contribution in [3.8, 4) is 0 Å². The minimum absolute atomic E-state index is 0.176. The molecule has 0 radical (unpaired) electrons. The van der Waals surface area contributed by atoms with Crippen LogP contribution in [-0.2, 0) is 6.42 Å². The first kappa shape index (κ1) is 15.0. The Hall–Kier alpha value is -1.38. The molecule has 0 aliphatic carbocycles. The highest BCUT2D eigenvalue weighted by atomic mass is 35.5. The quantitative estimate of drug-likeness (QED) is 0.809. The molecule has 0 saturated heterocycles. The molecule has 1 nitrogen and oxygen atoms in total. The van der Waals surface area contributed by atoms with Crippen molar-refractivity contribution in [2.45, 2.75) is 25.8 Å². The van der Waals surface area contributed by atoms with Crippen LogP contribution in [0.3, 0.4) is 0 Å². The summed E-state index contributed by atoms with van der Waals surface area (Å²) >= 11 is 6.02. The molecule has 0 aromatic heterocycles. The normalized spacial score (nSPS) is 12.3.